The largest absolute Gasteiger partial charge is 0.489 e. The highest BCUT2D eigenvalue weighted by Crippen LogP contribution is 2.16. The summed E-state index contributed by atoms with van der Waals surface area (Å²) in [6, 6.07) is 14.5. The number of carboxylic acids is 1. The van der Waals surface area contributed by atoms with E-state index in [4.69, 9.17) is 19.8 Å². The van der Waals surface area contributed by atoms with Crippen molar-refractivity contribution in [2.45, 2.75) is 0 Å². The minimum Gasteiger partial charge on any atom is -0.489 e. The molecule has 2 rings (SSSR count). The number of carboxylic acid groups (broad SMARTS) is 1. The Morgan fingerprint density at radius 2 is 1.65 bits per heavy atom. The predicted molar refractivity (Wildman–Crippen MR) is 80.3 cm³/mol. The zero-order valence-electron chi connectivity index (χ0n) is 12.1. The third kappa shape index (κ3) is 4.08. The number of ether oxygens (including phenoxy) is 2. The lowest BCUT2D eigenvalue weighted by Gasteiger charge is -2.09. The molecule has 0 heterocycles. The monoisotopic (exact) mass is 311 g/mol. The fraction of sp³-hybridized carbons (Fsp3) is 0.118. The van der Waals surface area contributed by atoms with E-state index in [-0.39, 0.29) is 24.3 Å². The molecule has 0 saturated heterocycles. The van der Waals surface area contributed by atoms with E-state index in [9.17, 15) is 9.59 Å². The Kier molecular flexibility index (Phi) is 5.31. The number of hydrogen-bond acceptors (Lipinski definition) is 5. The van der Waals surface area contributed by atoms with Crippen LogP contribution in [0.4, 0.5) is 0 Å². The van der Waals surface area contributed by atoms with Gasteiger partial charge < -0.3 is 14.6 Å². The maximum atomic E-state index is 11.9. The molecule has 2 aromatic rings. The Morgan fingerprint density at radius 1 is 1.00 bits per heavy atom. The fourth-order valence-corrected chi connectivity index (χ4v) is 1.90. The minimum absolute atomic E-state index is 0.0163. The smallest absolute Gasteiger partial charge is 0.339 e. The van der Waals surface area contributed by atoms with Gasteiger partial charge in [0.05, 0.1) is 16.7 Å². The van der Waals surface area contributed by atoms with Crippen LogP contribution in [0.15, 0.2) is 48.5 Å². The van der Waals surface area contributed by atoms with Crippen LogP contribution in [0, 0.1) is 11.3 Å². The lowest BCUT2D eigenvalue weighted by molar-refractivity contribution is 0.0442. The van der Waals surface area contributed by atoms with Gasteiger partial charge in [-0.3, -0.25) is 0 Å². The molecule has 6 nitrogen and oxygen atoms in total. The van der Waals surface area contributed by atoms with Gasteiger partial charge in [0.1, 0.15) is 25.0 Å². The van der Waals surface area contributed by atoms with E-state index in [2.05, 4.69) is 0 Å². The second-order valence-electron chi connectivity index (χ2n) is 4.44. The second-order valence-corrected chi connectivity index (χ2v) is 4.44. The lowest BCUT2D eigenvalue weighted by Crippen LogP contribution is -2.15. The molecule has 0 saturated carbocycles. The van der Waals surface area contributed by atoms with Crippen molar-refractivity contribution >= 4 is 11.9 Å². The number of esters is 1. The van der Waals surface area contributed by atoms with Crippen LogP contribution in [0.5, 0.6) is 5.75 Å². The van der Waals surface area contributed by atoms with Gasteiger partial charge >= 0.3 is 11.9 Å². The molecule has 0 radical (unpaired) electrons. The molecule has 0 spiro atoms. The molecular formula is C17H13NO5. The van der Waals surface area contributed by atoms with Gasteiger partial charge in [0.25, 0.3) is 0 Å². The van der Waals surface area contributed by atoms with Gasteiger partial charge in [0, 0.05) is 0 Å². The number of nitrogens with zero attached hydrogens (tertiary/aromatic N) is 1. The van der Waals surface area contributed by atoms with E-state index in [1.807, 2.05) is 6.07 Å². The van der Waals surface area contributed by atoms with E-state index >= 15 is 0 Å². The molecule has 0 aromatic heterocycles. The normalized spacial score (nSPS) is 9.70. The Labute approximate surface area is 132 Å². The highest BCUT2D eigenvalue weighted by molar-refractivity contribution is 6.02. The zero-order chi connectivity index (χ0) is 16.7. The molecular weight excluding hydrogens is 298 g/mol. The van der Waals surface area contributed by atoms with Crippen molar-refractivity contribution in [2.24, 2.45) is 0 Å². The summed E-state index contributed by atoms with van der Waals surface area (Å²) in [6.07, 6.45) is 0. The number of hydrogen-bond donors (Lipinski definition) is 1. The second kappa shape index (κ2) is 7.61. The van der Waals surface area contributed by atoms with Gasteiger partial charge in [-0.25, -0.2) is 9.59 Å². The van der Waals surface area contributed by atoms with Gasteiger partial charge in [0.15, 0.2) is 0 Å². The molecule has 0 bridgehead atoms. The SMILES string of the molecule is N#Cc1ccccc1OCCOC(=O)c1ccccc1C(=O)O. The zero-order valence-corrected chi connectivity index (χ0v) is 12.1. The fourth-order valence-electron chi connectivity index (χ4n) is 1.90. The summed E-state index contributed by atoms with van der Waals surface area (Å²) < 4.78 is 10.4. The van der Waals surface area contributed by atoms with Gasteiger partial charge in [-0.15, -0.1) is 0 Å². The summed E-state index contributed by atoms with van der Waals surface area (Å²) in [5, 5.41) is 18.0. The Morgan fingerprint density at radius 3 is 2.35 bits per heavy atom. The average molecular weight is 311 g/mol. The number of carbonyl (C=O) groups excluding carboxylic acids is 1. The van der Waals surface area contributed by atoms with E-state index < -0.39 is 11.9 Å². The molecule has 116 valence electrons. The molecule has 0 atom stereocenters. The van der Waals surface area contributed by atoms with Crippen LogP contribution >= 0.6 is 0 Å². The first-order valence-corrected chi connectivity index (χ1v) is 6.75. The van der Waals surface area contributed by atoms with Crippen LogP contribution < -0.4 is 4.74 Å². The van der Waals surface area contributed by atoms with Gasteiger partial charge in [-0.2, -0.15) is 5.26 Å². The highest BCUT2D eigenvalue weighted by Gasteiger charge is 2.16. The van der Waals surface area contributed by atoms with E-state index in [1.165, 1.54) is 18.2 Å². The Hall–Kier alpha value is -3.33. The molecule has 0 aliphatic rings. The number of nitriles is 1. The number of rotatable bonds is 6. The molecule has 0 fully saturated rings. The maximum absolute atomic E-state index is 11.9. The minimum atomic E-state index is -1.20. The van der Waals surface area contributed by atoms with Gasteiger partial charge in [-0.1, -0.05) is 24.3 Å². The Balaban J connectivity index is 1.91. The van der Waals surface area contributed by atoms with E-state index in [0.29, 0.717) is 11.3 Å². The first kappa shape index (κ1) is 16.0. The molecule has 0 aliphatic heterocycles. The third-order valence-electron chi connectivity index (χ3n) is 2.96. The van der Waals surface area contributed by atoms with Gasteiger partial charge in [0.2, 0.25) is 0 Å². The molecule has 23 heavy (non-hydrogen) atoms. The standard InChI is InChI=1S/C17H13NO5/c18-11-12-5-1-4-8-15(12)22-9-10-23-17(21)14-7-3-2-6-13(14)16(19)20/h1-8H,9-10H2,(H,19,20). The summed E-state index contributed by atoms with van der Waals surface area (Å²) in [4.78, 5) is 23.0. The molecule has 0 amide bonds. The molecule has 2 aromatic carbocycles. The Bertz CT molecular complexity index is 764. The average Bonchev–Trinajstić information content (AvgIpc) is 2.58. The summed E-state index contributed by atoms with van der Waals surface area (Å²) in [6.45, 7) is -0.00772. The number of para-hydroxylation sites is 1. The van der Waals surface area contributed by atoms with Crippen molar-refractivity contribution in [3.8, 4) is 11.8 Å². The van der Waals surface area contributed by atoms with Crippen molar-refractivity contribution in [3.05, 3.63) is 65.2 Å². The van der Waals surface area contributed by atoms with Crippen LogP contribution in [0.3, 0.4) is 0 Å². The summed E-state index contributed by atoms with van der Waals surface area (Å²) in [5.41, 5.74) is 0.251. The van der Waals surface area contributed by atoms with E-state index in [1.54, 1.807) is 30.3 Å². The summed E-state index contributed by atoms with van der Waals surface area (Å²) >= 11 is 0. The quantitative estimate of drug-likeness (QED) is 0.650. The van der Waals surface area contributed by atoms with Crippen molar-refractivity contribution in [2.75, 3.05) is 13.2 Å². The topological polar surface area (TPSA) is 96.6 Å². The van der Waals surface area contributed by atoms with E-state index in [0.717, 1.165) is 0 Å². The predicted octanol–water partition coefficient (Wildman–Crippen LogP) is 2.49. The number of benzene rings is 2. The van der Waals surface area contributed by atoms with Crippen molar-refractivity contribution in [1.82, 2.24) is 0 Å². The molecule has 0 aliphatic carbocycles. The highest BCUT2D eigenvalue weighted by atomic mass is 16.6. The van der Waals surface area contributed by atoms with Crippen molar-refractivity contribution in [1.29, 1.82) is 5.26 Å². The van der Waals surface area contributed by atoms with Crippen LogP contribution in [0.2, 0.25) is 0 Å². The maximum Gasteiger partial charge on any atom is 0.339 e. The molecule has 1 N–H and O–H groups in total. The van der Waals surface area contributed by atoms with Crippen molar-refractivity contribution < 1.29 is 24.2 Å². The third-order valence-corrected chi connectivity index (χ3v) is 2.96. The van der Waals surface area contributed by atoms with Gasteiger partial charge in [-0.05, 0) is 24.3 Å². The first-order valence-electron chi connectivity index (χ1n) is 6.75. The first-order chi connectivity index (χ1) is 11.1. The van der Waals surface area contributed by atoms with Crippen LogP contribution in [-0.4, -0.2) is 30.3 Å². The van der Waals surface area contributed by atoms with Crippen molar-refractivity contribution in [3.63, 3.8) is 0 Å². The lowest BCUT2D eigenvalue weighted by atomic mass is 10.1. The number of aromatic carboxylic acids is 1. The summed E-state index contributed by atoms with van der Waals surface area (Å²) in [7, 11) is 0. The van der Waals surface area contributed by atoms with Crippen LogP contribution in [-0.2, 0) is 4.74 Å². The summed E-state index contributed by atoms with van der Waals surface area (Å²) in [5.74, 6) is -1.53. The molecule has 6 heteroatoms. The molecule has 0 unspecified atom stereocenters. The van der Waals surface area contributed by atoms with Crippen LogP contribution in [0.25, 0.3) is 0 Å². The number of carbonyl (C=O) groups is 2. The van der Waals surface area contributed by atoms with Crippen LogP contribution in [0.1, 0.15) is 26.3 Å².